The average molecular weight is 496 g/mol. The molecule has 0 radical (unpaired) electrons. The van der Waals surface area contributed by atoms with E-state index in [9.17, 15) is 19.7 Å². The molecule has 0 N–H and O–H groups in total. The Morgan fingerprint density at radius 2 is 1.66 bits per heavy atom. The summed E-state index contributed by atoms with van der Waals surface area (Å²) in [5.41, 5.74) is 1.55. The quantitative estimate of drug-likeness (QED) is 0.400. The van der Waals surface area contributed by atoms with Crippen LogP contribution in [0.5, 0.6) is 0 Å². The zero-order chi connectivity index (χ0) is 24.5. The summed E-state index contributed by atoms with van der Waals surface area (Å²) in [6, 6.07) is 8.48. The van der Waals surface area contributed by atoms with E-state index in [2.05, 4.69) is 14.9 Å². The number of anilines is 2. The number of hydrogen-bond donors (Lipinski definition) is 0. The van der Waals surface area contributed by atoms with Crippen molar-refractivity contribution in [2.24, 2.45) is 0 Å². The van der Waals surface area contributed by atoms with E-state index < -0.39 is 4.92 Å². The number of fused-ring (bicyclic) bond motifs is 1. The number of thiazole rings is 1. The van der Waals surface area contributed by atoms with Crippen LogP contribution in [-0.4, -0.2) is 88.9 Å². The second-order valence-corrected chi connectivity index (χ2v) is 9.51. The van der Waals surface area contributed by atoms with Gasteiger partial charge in [-0.15, -0.1) is 0 Å². The molecule has 0 bridgehead atoms. The van der Waals surface area contributed by atoms with Crippen LogP contribution in [0, 0.1) is 10.1 Å². The van der Waals surface area contributed by atoms with E-state index in [0.717, 1.165) is 15.5 Å². The van der Waals surface area contributed by atoms with Crippen LogP contribution in [-0.2, 0) is 4.79 Å². The number of nitro groups is 1. The van der Waals surface area contributed by atoms with Gasteiger partial charge in [0.1, 0.15) is 16.0 Å². The highest BCUT2D eigenvalue weighted by Gasteiger charge is 2.28. The van der Waals surface area contributed by atoms with Gasteiger partial charge >= 0.3 is 0 Å². The first-order valence-electron chi connectivity index (χ1n) is 11.5. The lowest BCUT2D eigenvalue weighted by atomic mass is 10.1. The third-order valence-electron chi connectivity index (χ3n) is 6.48. The van der Waals surface area contributed by atoms with E-state index in [1.165, 1.54) is 24.3 Å². The normalized spacial score (nSPS) is 16.6. The molecule has 182 valence electrons. The van der Waals surface area contributed by atoms with Gasteiger partial charge in [-0.05, 0) is 24.3 Å². The van der Waals surface area contributed by atoms with Gasteiger partial charge in [-0.3, -0.25) is 19.7 Å². The number of benzene rings is 1. The van der Waals surface area contributed by atoms with Crippen molar-refractivity contribution in [1.29, 1.82) is 0 Å². The number of pyridine rings is 1. The number of nitro benzene ring substituents is 1. The van der Waals surface area contributed by atoms with E-state index in [1.54, 1.807) is 28.1 Å². The Morgan fingerprint density at radius 3 is 2.31 bits per heavy atom. The first-order chi connectivity index (χ1) is 16.9. The lowest BCUT2D eigenvalue weighted by Gasteiger charge is -2.35. The van der Waals surface area contributed by atoms with Crippen LogP contribution in [0.2, 0.25) is 0 Å². The molecule has 4 heterocycles. The number of carbonyl (C=O) groups is 2. The number of carbonyl (C=O) groups excluding carboxylic acids is 2. The summed E-state index contributed by atoms with van der Waals surface area (Å²) >= 11 is 1.53. The van der Waals surface area contributed by atoms with Crippen molar-refractivity contribution in [2.45, 2.75) is 6.92 Å². The molecule has 5 rings (SSSR count). The molecule has 0 unspecified atom stereocenters. The van der Waals surface area contributed by atoms with Gasteiger partial charge < -0.3 is 19.6 Å². The number of piperazine rings is 2. The molecular formula is C23H25N7O4S. The van der Waals surface area contributed by atoms with E-state index >= 15 is 0 Å². The maximum atomic E-state index is 13.2. The van der Waals surface area contributed by atoms with E-state index in [-0.39, 0.29) is 17.5 Å². The van der Waals surface area contributed by atoms with Crippen LogP contribution in [0.3, 0.4) is 0 Å². The minimum Gasteiger partial charge on any atom is -0.362 e. The minimum atomic E-state index is -0.442. The van der Waals surface area contributed by atoms with Crippen LogP contribution in [0.4, 0.5) is 16.5 Å². The van der Waals surface area contributed by atoms with Gasteiger partial charge in [0, 0.05) is 77.1 Å². The molecule has 0 spiro atoms. The molecule has 2 aromatic heterocycles. The standard InChI is InChI=1S/C23H25N7O4S/c1-16(31)26-7-9-27(10-8-26)19-5-4-17(15-20(19)30(33)34)22(32)28-11-13-29(14-12-28)23-25-18-3-2-6-24-21(18)35-23/h2-6,15H,7-14H2,1H3. The lowest BCUT2D eigenvalue weighted by Crippen LogP contribution is -2.49. The van der Waals surface area contributed by atoms with Crippen molar-refractivity contribution in [1.82, 2.24) is 19.8 Å². The molecule has 0 atom stereocenters. The molecule has 2 amide bonds. The fraction of sp³-hybridized carbons (Fsp3) is 0.391. The Balaban J connectivity index is 1.27. The largest absolute Gasteiger partial charge is 0.362 e. The molecule has 35 heavy (non-hydrogen) atoms. The third kappa shape index (κ3) is 4.61. The Bertz CT molecular complexity index is 1250. The first kappa shape index (κ1) is 23.0. The molecular weight excluding hydrogens is 470 g/mol. The van der Waals surface area contributed by atoms with Crippen molar-refractivity contribution < 1.29 is 14.5 Å². The van der Waals surface area contributed by atoms with Gasteiger partial charge in [0.25, 0.3) is 11.6 Å². The van der Waals surface area contributed by atoms with Gasteiger partial charge in [0.2, 0.25) is 5.91 Å². The number of hydrogen-bond acceptors (Lipinski definition) is 9. The van der Waals surface area contributed by atoms with Crippen molar-refractivity contribution in [3.05, 3.63) is 52.2 Å². The highest BCUT2D eigenvalue weighted by Crippen LogP contribution is 2.31. The zero-order valence-corrected chi connectivity index (χ0v) is 20.1. The Kier molecular flexibility index (Phi) is 6.20. The molecule has 2 aliphatic heterocycles. The molecule has 12 heteroatoms. The number of amides is 2. The van der Waals surface area contributed by atoms with Crippen molar-refractivity contribution in [3.8, 4) is 0 Å². The van der Waals surface area contributed by atoms with Gasteiger partial charge in [-0.25, -0.2) is 9.97 Å². The van der Waals surface area contributed by atoms with Crippen LogP contribution in [0.1, 0.15) is 17.3 Å². The smallest absolute Gasteiger partial charge is 0.293 e. The van der Waals surface area contributed by atoms with E-state index in [1.807, 2.05) is 17.0 Å². The Hall–Kier alpha value is -3.80. The van der Waals surface area contributed by atoms with Crippen LogP contribution < -0.4 is 9.80 Å². The highest BCUT2D eigenvalue weighted by molar-refractivity contribution is 7.21. The third-order valence-corrected chi connectivity index (χ3v) is 7.52. The maximum absolute atomic E-state index is 13.2. The summed E-state index contributed by atoms with van der Waals surface area (Å²) in [6.07, 6.45) is 1.75. The number of nitrogens with zero attached hydrogens (tertiary/aromatic N) is 7. The molecule has 2 fully saturated rings. The second-order valence-electron chi connectivity index (χ2n) is 8.56. The average Bonchev–Trinajstić information content (AvgIpc) is 3.32. The summed E-state index contributed by atoms with van der Waals surface area (Å²) in [6.45, 7) is 5.85. The molecule has 0 aliphatic carbocycles. The second kappa shape index (κ2) is 9.45. The molecule has 2 aliphatic rings. The zero-order valence-electron chi connectivity index (χ0n) is 19.3. The van der Waals surface area contributed by atoms with Crippen molar-refractivity contribution in [3.63, 3.8) is 0 Å². The summed E-state index contributed by atoms with van der Waals surface area (Å²) in [7, 11) is 0. The fourth-order valence-electron chi connectivity index (χ4n) is 4.51. The number of aromatic nitrogens is 2. The van der Waals surface area contributed by atoms with Gasteiger partial charge in [0.05, 0.1) is 4.92 Å². The number of rotatable bonds is 4. The Labute approximate surface area is 205 Å². The summed E-state index contributed by atoms with van der Waals surface area (Å²) in [5, 5.41) is 12.7. The van der Waals surface area contributed by atoms with Gasteiger partial charge in [-0.2, -0.15) is 0 Å². The van der Waals surface area contributed by atoms with Crippen molar-refractivity contribution in [2.75, 3.05) is 62.2 Å². The van der Waals surface area contributed by atoms with Gasteiger partial charge in [-0.1, -0.05) is 11.3 Å². The van der Waals surface area contributed by atoms with Crippen LogP contribution >= 0.6 is 11.3 Å². The predicted octanol–water partition coefficient (Wildman–Crippen LogP) is 2.23. The van der Waals surface area contributed by atoms with Crippen LogP contribution in [0.25, 0.3) is 10.3 Å². The summed E-state index contributed by atoms with van der Waals surface area (Å²) in [4.78, 5) is 53.5. The van der Waals surface area contributed by atoms with E-state index in [4.69, 9.17) is 0 Å². The maximum Gasteiger partial charge on any atom is 0.293 e. The highest BCUT2D eigenvalue weighted by atomic mass is 32.1. The molecule has 3 aromatic rings. The molecule has 1 aromatic carbocycles. The summed E-state index contributed by atoms with van der Waals surface area (Å²) < 4.78 is 0. The molecule has 2 saturated heterocycles. The molecule has 11 nitrogen and oxygen atoms in total. The topological polar surface area (TPSA) is 116 Å². The summed E-state index contributed by atoms with van der Waals surface area (Å²) in [5.74, 6) is -0.216. The minimum absolute atomic E-state index is 0.00000682. The first-order valence-corrected chi connectivity index (χ1v) is 12.3. The van der Waals surface area contributed by atoms with Crippen molar-refractivity contribution >= 4 is 50.0 Å². The van der Waals surface area contributed by atoms with E-state index in [0.29, 0.717) is 63.6 Å². The van der Waals surface area contributed by atoms with Gasteiger partial charge in [0.15, 0.2) is 5.13 Å². The molecule has 0 saturated carbocycles. The lowest BCUT2D eigenvalue weighted by molar-refractivity contribution is -0.384. The SMILES string of the molecule is CC(=O)N1CCN(c2ccc(C(=O)N3CCN(c4nc5cccnc5s4)CC3)cc2[N+](=O)[O-])CC1. The predicted molar refractivity (Wildman–Crippen MR) is 133 cm³/mol. The monoisotopic (exact) mass is 495 g/mol. The Morgan fingerprint density at radius 1 is 0.971 bits per heavy atom. The fourth-order valence-corrected chi connectivity index (χ4v) is 5.47. The van der Waals surface area contributed by atoms with Crippen LogP contribution in [0.15, 0.2) is 36.5 Å².